The van der Waals surface area contributed by atoms with Gasteiger partial charge in [-0.2, -0.15) is 0 Å². The summed E-state index contributed by atoms with van der Waals surface area (Å²) >= 11 is 0. The first-order chi connectivity index (χ1) is 13.4. The van der Waals surface area contributed by atoms with Crippen LogP contribution in [0.5, 0.6) is 11.5 Å². The van der Waals surface area contributed by atoms with E-state index < -0.39 is 5.97 Å². The molecule has 2 aliphatic heterocycles. The number of ether oxygens (including phenoxy) is 2. The SMILES string of the molecule is CO[C@@]12CCC(NCCC(=O)O)C3Oc4c(O)ccc5c4[C@@]31CCN(C)[C@@H]2C5.Cl.Cl. The molecule has 1 saturated heterocycles. The smallest absolute Gasteiger partial charge is 0.304 e. The second kappa shape index (κ2) is 8.02. The standard InChI is InChI=1S/C21H28N2O5.2ClH/c1-23-10-8-20-17-12-3-4-14(24)18(17)28-19(20)13(22-9-6-16(25)26)5-7-21(20,27-2)15(23)11-12;;/h3-4,13,15,19,22,24H,5-11H2,1-2H3,(H,25,26);2*1H/t13?,15-,19?,20+,21-;;/m1../s1. The molecule has 1 saturated carbocycles. The highest BCUT2D eigenvalue weighted by molar-refractivity contribution is 5.85. The number of phenols is 1. The number of aromatic hydroxyl groups is 1. The monoisotopic (exact) mass is 460 g/mol. The van der Waals surface area contributed by atoms with Crippen molar-refractivity contribution in [2.24, 2.45) is 0 Å². The van der Waals surface area contributed by atoms with E-state index in [4.69, 9.17) is 14.6 Å². The Labute approximate surface area is 188 Å². The van der Waals surface area contributed by atoms with Crippen LogP contribution in [0.15, 0.2) is 12.1 Å². The van der Waals surface area contributed by atoms with Crippen LogP contribution in [0.2, 0.25) is 0 Å². The minimum absolute atomic E-state index is 0. The lowest BCUT2D eigenvalue weighted by molar-refractivity contribution is -0.203. The Morgan fingerprint density at radius 2 is 2.13 bits per heavy atom. The van der Waals surface area contributed by atoms with Crippen molar-refractivity contribution in [1.82, 2.24) is 10.2 Å². The summed E-state index contributed by atoms with van der Waals surface area (Å²) in [7, 11) is 3.99. The summed E-state index contributed by atoms with van der Waals surface area (Å²) in [5.41, 5.74) is 1.70. The largest absolute Gasteiger partial charge is 0.504 e. The van der Waals surface area contributed by atoms with Crippen molar-refractivity contribution >= 4 is 30.8 Å². The molecule has 2 bridgehead atoms. The Morgan fingerprint density at radius 3 is 2.83 bits per heavy atom. The Morgan fingerprint density at radius 1 is 1.37 bits per heavy atom. The lowest BCUT2D eigenvalue weighted by Gasteiger charge is -2.65. The summed E-state index contributed by atoms with van der Waals surface area (Å²) in [6.07, 6.45) is 3.45. The van der Waals surface area contributed by atoms with Gasteiger partial charge in [0.05, 0.1) is 17.4 Å². The number of benzene rings is 1. The molecular formula is C21H30Cl2N2O5. The minimum atomic E-state index is -0.805. The Bertz CT molecular complexity index is 840. The zero-order valence-electron chi connectivity index (χ0n) is 17.2. The van der Waals surface area contributed by atoms with Crippen molar-refractivity contribution in [3.8, 4) is 11.5 Å². The number of piperidine rings is 1. The molecule has 0 aromatic heterocycles. The molecule has 5 rings (SSSR count). The fourth-order valence-electron chi connectivity index (χ4n) is 6.71. The molecule has 1 spiro atoms. The van der Waals surface area contributed by atoms with Gasteiger partial charge in [-0.15, -0.1) is 24.8 Å². The lowest BCUT2D eigenvalue weighted by Crippen LogP contribution is -2.78. The van der Waals surface area contributed by atoms with Crippen LogP contribution in [-0.4, -0.2) is 72.1 Å². The zero-order chi connectivity index (χ0) is 19.7. The Kier molecular flexibility index (Phi) is 6.26. The van der Waals surface area contributed by atoms with Gasteiger partial charge in [0.2, 0.25) is 0 Å². The number of hydrogen-bond acceptors (Lipinski definition) is 6. The third-order valence-electron chi connectivity index (χ3n) is 7.80. The number of aliphatic carboxylic acids is 1. The van der Waals surface area contributed by atoms with E-state index in [1.807, 2.05) is 13.2 Å². The topological polar surface area (TPSA) is 91.3 Å². The summed E-state index contributed by atoms with van der Waals surface area (Å²) in [5, 5.41) is 23.0. The van der Waals surface area contributed by atoms with Gasteiger partial charge in [-0.05, 0) is 50.9 Å². The van der Waals surface area contributed by atoms with Crippen LogP contribution in [0.1, 0.15) is 36.8 Å². The number of rotatable bonds is 5. The van der Waals surface area contributed by atoms with Crippen LogP contribution in [0.4, 0.5) is 0 Å². The van der Waals surface area contributed by atoms with Crippen LogP contribution >= 0.6 is 24.8 Å². The highest BCUT2D eigenvalue weighted by Gasteiger charge is 2.73. The van der Waals surface area contributed by atoms with E-state index in [2.05, 4.69) is 17.3 Å². The summed E-state index contributed by atoms with van der Waals surface area (Å²) in [5.74, 6) is -0.00616. The molecule has 2 heterocycles. The van der Waals surface area contributed by atoms with Gasteiger partial charge in [0.1, 0.15) is 6.10 Å². The van der Waals surface area contributed by atoms with Gasteiger partial charge in [0, 0.05) is 31.3 Å². The van der Waals surface area contributed by atoms with Crippen LogP contribution in [0, 0.1) is 0 Å². The highest BCUT2D eigenvalue weighted by Crippen LogP contribution is 2.66. The number of carboxylic acids is 1. The van der Waals surface area contributed by atoms with E-state index in [1.54, 1.807) is 6.07 Å². The van der Waals surface area contributed by atoms with Crippen LogP contribution < -0.4 is 10.1 Å². The van der Waals surface area contributed by atoms with Crippen molar-refractivity contribution in [2.75, 3.05) is 27.2 Å². The van der Waals surface area contributed by atoms with Crippen molar-refractivity contribution in [3.63, 3.8) is 0 Å². The number of halogens is 2. The molecule has 1 aromatic carbocycles. The number of nitrogens with one attached hydrogen (secondary N) is 1. The molecule has 2 fully saturated rings. The number of likely N-dealkylation sites (tertiary alicyclic amines) is 1. The molecule has 3 N–H and O–H groups in total. The third kappa shape index (κ3) is 2.79. The summed E-state index contributed by atoms with van der Waals surface area (Å²) in [6, 6.07) is 4.07. The first-order valence-electron chi connectivity index (χ1n) is 10.2. The van der Waals surface area contributed by atoms with Gasteiger partial charge in [0.15, 0.2) is 11.5 Å². The number of nitrogens with zero attached hydrogens (tertiary/aromatic N) is 1. The predicted octanol–water partition coefficient (Wildman–Crippen LogP) is 2.11. The highest BCUT2D eigenvalue weighted by atomic mass is 35.5. The van der Waals surface area contributed by atoms with Crippen LogP contribution in [0.3, 0.4) is 0 Å². The average Bonchev–Trinajstić information content (AvgIpc) is 3.03. The first-order valence-corrected chi connectivity index (χ1v) is 10.2. The quantitative estimate of drug-likeness (QED) is 0.619. The number of methoxy groups -OCH3 is 1. The van der Waals surface area contributed by atoms with Crippen molar-refractivity contribution in [2.45, 2.75) is 61.3 Å². The van der Waals surface area contributed by atoms with Crippen LogP contribution in [-0.2, 0) is 21.4 Å². The molecule has 2 unspecified atom stereocenters. The fourth-order valence-corrected chi connectivity index (χ4v) is 6.71. The molecule has 0 amide bonds. The molecule has 2 aliphatic carbocycles. The van der Waals surface area contributed by atoms with Gasteiger partial charge in [-0.25, -0.2) is 0 Å². The summed E-state index contributed by atoms with van der Waals surface area (Å²) in [4.78, 5) is 13.4. The number of carboxylic acid groups (broad SMARTS) is 1. The number of hydrogen-bond donors (Lipinski definition) is 3. The molecular weight excluding hydrogens is 431 g/mol. The van der Waals surface area contributed by atoms with Gasteiger partial charge in [0.25, 0.3) is 0 Å². The minimum Gasteiger partial charge on any atom is -0.504 e. The van der Waals surface area contributed by atoms with Gasteiger partial charge >= 0.3 is 5.97 Å². The van der Waals surface area contributed by atoms with E-state index in [-0.39, 0.29) is 66.2 Å². The number of carbonyl (C=O) groups is 1. The predicted molar refractivity (Wildman–Crippen MR) is 116 cm³/mol. The van der Waals surface area contributed by atoms with Gasteiger partial charge < -0.3 is 29.9 Å². The molecule has 0 radical (unpaired) electrons. The summed E-state index contributed by atoms with van der Waals surface area (Å²) < 4.78 is 12.9. The molecule has 30 heavy (non-hydrogen) atoms. The zero-order valence-corrected chi connectivity index (χ0v) is 18.9. The molecule has 168 valence electrons. The summed E-state index contributed by atoms with van der Waals surface area (Å²) in [6.45, 7) is 1.36. The Hall–Kier alpha value is -1.25. The van der Waals surface area contributed by atoms with E-state index >= 15 is 0 Å². The third-order valence-corrected chi connectivity index (χ3v) is 7.80. The average molecular weight is 461 g/mol. The molecule has 9 heteroatoms. The van der Waals surface area contributed by atoms with Crippen molar-refractivity contribution < 1.29 is 24.5 Å². The van der Waals surface area contributed by atoms with Crippen molar-refractivity contribution in [1.29, 1.82) is 0 Å². The van der Waals surface area contributed by atoms with E-state index in [0.29, 0.717) is 12.3 Å². The molecule has 7 nitrogen and oxygen atoms in total. The number of phenolic OH excluding ortho intramolecular Hbond substituents is 1. The first kappa shape index (κ1) is 23.4. The lowest BCUT2D eigenvalue weighted by atomic mass is 9.48. The maximum Gasteiger partial charge on any atom is 0.304 e. The maximum absolute atomic E-state index is 11.0. The van der Waals surface area contributed by atoms with Crippen molar-refractivity contribution in [3.05, 3.63) is 23.3 Å². The molecule has 1 aromatic rings. The second-order valence-electron chi connectivity index (χ2n) is 8.74. The maximum atomic E-state index is 11.0. The second-order valence-corrected chi connectivity index (χ2v) is 8.74. The molecule has 4 aliphatic rings. The van der Waals surface area contributed by atoms with Gasteiger partial charge in [-0.3, -0.25) is 4.79 Å². The van der Waals surface area contributed by atoms with E-state index in [1.165, 1.54) is 5.56 Å². The fraction of sp³-hybridized carbons (Fsp3) is 0.667. The van der Waals surface area contributed by atoms with Crippen LogP contribution in [0.25, 0.3) is 0 Å². The normalized spacial score (nSPS) is 35.5. The number of likely N-dealkylation sites (N-methyl/N-ethyl adjacent to an activating group) is 1. The van der Waals surface area contributed by atoms with E-state index in [0.717, 1.165) is 37.8 Å². The van der Waals surface area contributed by atoms with Gasteiger partial charge in [-0.1, -0.05) is 6.07 Å². The molecule has 5 atom stereocenters. The van der Waals surface area contributed by atoms with E-state index in [9.17, 15) is 9.90 Å². The Balaban J connectivity index is 0.00000128.